The van der Waals surface area contributed by atoms with Crippen LogP contribution in [-0.2, 0) is 0 Å². The van der Waals surface area contributed by atoms with E-state index in [-0.39, 0.29) is 6.23 Å². The summed E-state index contributed by atoms with van der Waals surface area (Å²) in [5.74, 6) is 1.25. The van der Waals surface area contributed by atoms with Crippen LogP contribution >= 0.6 is 0 Å². The molecule has 0 aromatic rings. The Balaban J connectivity index is 1.88. The number of aliphatic imine (C=N–C) groups is 1. The van der Waals surface area contributed by atoms with E-state index >= 15 is 0 Å². The van der Waals surface area contributed by atoms with Gasteiger partial charge in [0.25, 0.3) is 0 Å². The summed E-state index contributed by atoms with van der Waals surface area (Å²) < 4.78 is 0.717. The zero-order chi connectivity index (χ0) is 21.2. The Hall–Kier alpha value is -0.670. The van der Waals surface area contributed by atoms with Crippen molar-refractivity contribution in [2.75, 3.05) is 19.6 Å². The van der Waals surface area contributed by atoms with Crippen LogP contribution in [-0.4, -0.2) is 41.3 Å². The molecule has 0 bridgehead atoms. The average molecular weight is 408 g/mol. The molecule has 0 saturated carbocycles. The number of allylic oxidation sites excluding steroid dienone is 2. The van der Waals surface area contributed by atoms with Crippen molar-refractivity contribution >= 4 is 5.84 Å². The highest BCUT2D eigenvalue weighted by molar-refractivity contribution is 5.76. The molecule has 0 radical (unpaired) electrons. The number of amidine groups is 1. The number of aliphatic hydroxyl groups is 1. The fourth-order valence-electron chi connectivity index (χ4n) is 4.64. The van der Waals surface area contributed by atoms with Gasteiger partial charge in [0.05, 0.1) is 13.1 Å². The van der Waals surface area contributed by atoms with Crippen molar-refractivity contribution in [2.45, 2.75) is 130 Å². The third-order valence-electron chi connectivity index (χ3n) is 6.75. The van der Waals surface area contributed by atoms with Crippen molar-refractivity contribution in [1.82, 2.24) is 0 Å². The first-order valence-corrected chi connectivity index (χ1v) is 12.9. The summed E-state index contributed by atoms with van der Waals surface area (Å²) in [6.45, 7) is 9.22. The maximum absolute atomic E-state index is 10.2. The fraction of sp³-hybridized carbons (Fsp3) is 0.885. The minimum absolute atomic E-state index is 0.317. The van der Waals surface area contributed by atoms with Gasteiger partial charge in [-0.2, -0.15) is 0 Å². The second-order valence-electron chi connectivity index (χ2n) is 9.05. The van der Waals surface area contributed by atoms with Gasteiger partial charge in [-0.15, -0.1) is 0 Å². The molecule has 1 aliphatic heterocycles. The standard InChI is InChI=1S/C26H51N2O/c1-4-6-7-8-9-10-11-12-13-14-15-16-17-18-19-20-21-22-26-27-23-24-28(26,5-2)25(3)29/h9-10,25,29H,4-8,11-24H2,1-3H3/q+1/b10-9+. The number of unbranched alkanes of at least 4 members (excludes halogenated alkanes) is 13. The van der Waals surface area contributed by atoms with Crippen molar-refractivity contribution in [3.05, 3.63) is 12.2 Å². The minimum Gasteiger partial charge on any atom is -0.345 e. The fourth-order valence-corrected chi connectivity index (χ4v) is 4.64. The first-order chi connectivity index (χ1) is 14.2. The Morgan fingerprint density at radius 2 is 1.34 bits per heavy atom. The lowest BCUT2D eigenvalue weighted by atomic mass is 10.0. The topological polar surface area (TPSA) is 32.6 Å². The molecule has 3 nitrogen and oxygen atoms in total. The number of aliphatic hydroxyl groups excluding tert-OH is 1. The molecule has 0 aliphatic carbocycles. The third-order valence-corrected chi connectivity index (χ3v) is 6.75. The molecule has 0 aromatic heterocycles. The highest BCUT2D eigenvalue weighted by atomic mass is 16.3. The first-order valence-electron chi connectivity index (χ1n) is 12.9. The summed E-state index contributed by atoms with van der Waals surface area (Å²) in [5, 5.41) is 10.2. The summed E-state index contributed by atoms with van der Waals surface area (Å²) >= 11 is 0. The van der Waals surface area contributed by atoms with E-state index in [1.807, 2.05) is 6.92 Å². The second-order valence-corrected chi connectivity index (χ2v) is 9.05. The molecule has 1 N–H and O–H groups in total. The molecular formula is C26H51N2O+. The van der Waals surface area contributed by atoms with Crippen molar-refractivity contribution in [1.29, 1.82) is 0 Å². The zero-order valence-electron chi connectivity index (χ0n) is 20.0. The Kier molecular flexibility index (Phi) is 15.5. The Labute approximate surface area is 182 Å². The van der Waals surface area contributed by atoms with Gasteiger partial charge in [-0.05, 0) is 39.0 Å². The van der Waals surface area contributed by atoms with Crippen LogP contribution in [0.1, 0.15) is 124 Å². The van der Waals surface area contributed by atoms with E-state index in [4.69, 9.17) is 4.99 Å². The van der Waals surface area contributed by atoms with Crippen LogP contribution < -0.4 is 0 Å². The van der Waals surface area contributed by atoms with Crippen LogP contribution in [0.4, 0.5) is 0 Å². The van der Waals surface area contributed by atoms with Crippen molar-refractivity contribution in [2.24, 2.45) is 4.99 Å². The van der Waals surface area contributed by atoms with E-state index in [1.165, 1.54) is 102 Å². The quantitative estimate of drug-likeness (QED) is 0.135. The van der Waals surface area contributed by atoms with Crippen molar-refractivity contribution in [3.8, 4) is 0 Å². The van der Waals surface area contributed by atoms with Crippen LogP contribution in [0.3, 0.4) is 0 Å². The van der Waals surface area contributed by atoms with Gasteiger partial charge in [0.1, 0.15) is 6.54 Å². The van der Waals surface area contributed by atoms with Gasteiger partial charge in [-0.25, -0.2) is 4.99 Å². The summed E-state index contributed by atoms with van der Waals surface area (Å²) in [5.41, 5.74) is 0. The highest BCUT2D eigenvalue weighted by Crippen LogP contribution is 2.23. The SMILES string of the molecule is CCCCC/C=C/CCCCCCCCCCCCC1=NCC[N+]1(CC)C(C)O. The Bertz CT molecular complexity index is 444. The normalized spacial score (nSPS) is 20.5. The summed E-state index contributed by atoms with van der Waals surface area (Å²) in [4.78, 5) is 4.72. The largest absolute Gasteiger partial charge is 0.345 e. The summed E-state index contributed by atoms with van der Waals surface area (Å²) in [6.07, 6.45) is 25.9. The molecule has 170 valence electrons. The van der Waals surface area contributed by atoms with Crippen LogP contribution in [0.25, 0.3) is 0 Å². The number of hydrogen-bond donors (Lipinski definition) is 1. The van der Waals surface area contributed by atoms with Crippen LogP contribution in [0.15, 0.2) is 17.1 Å². The maximum Gasteiger partial charge on any atom is 0.200 e. The molecule has 1 rings (SSSR count). The van der Waals surface area contributed by atoms with E-state index in [0.29, 0.717) is 4.48 Å². The van der Waals surface area contributed by atoms with E-state index in [9.17, 15) is 5.11 Å². The minimum atomic E-state index is -0.317. The number of hydrogen-bond acceptors (Lipinski definition) is 2. The smallest absolute Gasteiger partial charge is 0.200 e. The molecule has 2 unspecified atom stereocenters. The van der Waals surface area contributed by atoms with E-state index in [2.05, 4.69) is 26.0 Å². The van der Waals surface area contributed by atoms with Gasteiger partial charge in [-0.3, -0.25) is 4.48 Å². The van der Waals surface area contributed by atoms with E-state index < -0.39 is 0 Å². The maximum atomic E-state index is 10.2. The predicted octanol–water partition coefficient (Wildman–Crippen LogP) is 7.39. The third kappa shape index (κ3) is 10.8. The van der Waals surface area contributed by atoms with E-state index in [0.717, 1.165) is 26.1 Å². The molecule has 2 atom stereocenters. The number of likely N-dealkylation sites (N-methyl/N-ethyl adjacent to an activating group) is 1. The number of nitrogens with zero attached hydrogens (tertiary/aromatic N) is 2. The summed E-state index contributed by atoms with van der Waals surface area (Å²) in [7, 11) is 0. The lowest BCUT2D eigenvalue weighted by Crippen LogP contribution is -2.56. The monoisotopic (exact) mass is 407 g/mol. The van der Waals surface area contributed by atoms with Gasteiger partial charge in [0.15, 0.2) is 6.23 Å². The van der Waals surface area contributed by atoms with Gasteiger partial charge < -0.3 is 5.11 Å². The zero-order valence-corrected chi connectivity index (χ0v) is 20.0. The van der Waals surface area contributed by atoms with Crippen LogP contribution in [0.2, 0.25) is 0 Å². The Morgan fingerprint density at radius 3 is 1.86 bits per heavy atom. The molecule has 0 saturated heterocycles. The molecule has 0 fully saturated rings. The molecule has 0 aromatic carbocycles. The predicted molar refractivity (Wildman–Crippen MR) is 128 cm³/mol. The average Bonchev–Trinajstić information content (AvgIpc) is 3.14. The number of rotatable bonds is 19. The van der Waals surface area contributed by atoms with Crippen LogP contribution in [0.5, 0.6) is 0 Å². The number of quaternary nitrogens is 1. The van der Waals surface area contributed by atoms with Crippen LogP contribution in [0, 0.1) is 0 Å². The molecule has 0 amide bonds. The van der Waals surface area contributed by atoms with Crippen molar-refractivity contribution < 1.29 is 9.59 Å². The van der Waals surface area contributed by atoms with Gasteiger partial charge >= 0.3 is 0 Å². The lowest BCUT2D eigenvalue weighted by Gasteiger charge is -2.36. The molecule has 29 heavy (non-hydrogen) atoms. The highest BCUT2D eigenvalue weighted by Gasteiger charge is 2.40. The molecule has 1 aliphatic rings. The van der Waals surface area contributed by atoms with E-state index in [1.54, 1.807) is 0 Å². The molecule has 0 spiro atoms. The first kappa shape index (κ1) is 26.4. The van der Waals surface area contributed by atoms with Gasteiger partial charge in [0.2, 0.25) is 5.84 Å². The lowest BCUT2D eigenvalue weighted by molar-refractivity contribution is -0.882. The molecular weight excluding hydrogens is 356 g/mol. The van der Waals surface area contributed by atoms with Crippen molar-refractivity contribution in [3.63, 3.8) is 0 Å². The Morgan fingerprint density at radius 1 is 0.828 bits per heavy atom. The second kappa shape index (κ2) is 17.1. The molecule has 1 heterocycles. The van der Waals surface area contributed by atoms with Gasteiger partial charge in [-0.1, -0.05) is 83.3 Å². The van der Waals surface area contributed by atoms with Gasteiger partial charge in [0, 0.05) is 13.3 Å². The molecule has 3 heteroatoms. The summed E-state index contributed by atoms with van der Waals surface area (Å²) in [6, 6.07) is 0.